The Morgan fingerprint density at radius 3 is 2.53 bits per heavy atom. The third-order valence-electron chi connectivity index (χ3n) is 3.35. The molecule has 0 aliphatic carbocycles. The Balaban J connectivity index is 2.22. The van der Waals surface area contributed by atoms with Crippen LogP contribution in [0, 0.1) is 6.92 Å². The van der Waals surface area contributed by atoms with Crippen molar-refractivity contribution in [3.8, 4) is 11.4 Å². The SMILES string of the molecule is Cc1ccc(-c2nc3ccc(C=O)cc3n2C)cc1. The van der Waals surface area contributed by atoms with Crippen LogP contribution in [0.4, 0.5) is 0 Å². The van der Waals surface area contributed by atoms with E-state index in [1.807, 2.05) is 23.7 Å². The van der Waals surface area contributed by atoms with Gasteiger partial charge in [-0.15, -0.1) is 0 Å². The third-order valence-corrected chi connectivity index (χ3v) is 3.35. The lowest BCUT2D eigenvalue weighted by atomic mass is 10.1. The molecular weight excluding hydrogens is 236 g/mol. The summed E-state index contributed by atoms with van der Waals surface area (Å²) in [4.78, 5) is 15.5. The zero-order valence-corrected chi connectivity index (χ0v) is 10.9. The summed E-state index contributed by atoms with van der Waals surface area (Å²) in [5, 5.41) is 0. The van der Waals surface area contributed by atoms with Crippen LogP contribution in [0.5, 0.6) is 0 Å². The van der Waals surface area contributed by atoms with Gasteiger partial charge in [0.05, 0.1) is 11.0 Å². The predicted octanol–water partition coefficient (Wildman–Crippen LogP) is 3.36. The zero-order chi connectivity index (χ0) is 13.4. The second kappa shape index (κ2) is 4.35. The average Bonchev–Trinajstić information content (AvgIpc) is 2.76. The van der Waals surface area contributed by atoms with Gasteiger partial charge in [0.1, 0.15) is 12.1 Å². The van der Waals surface area contributed by atoms with E-state index in [2.05, 4.69) is 36.2 Å². The number of carbonyl (C=O) groups is 1. The van der Waals surface area contributed by atoms with Gasteiger partial charge in [0.25, 0.3) is 0 Å². The van der Waals surface area contributed by atoms with Gasteiger partial charge in [-0.25, -0.2) is 4.98 Å². The lowest BCUT2D eigenvalue weighted by molar-refractivity contribution is 0.112. The Kier molecular flexibility index (Phi) is 2.67. The first-order valence-electron chi connectivity index (χ1n) is 6.18. The molecule has 3 nitrogen and oxygen atoms in total. The lowest BCUT2D eigenvalue weighted by Gasteiger charge is -2.03. The molecule has 0 spiro atoms. The summed E-state index contributed by atoms with van der Waals surface area (Å²) in [5.41, 5.74) is 4.86. The average molecular weight is 250 g/mol. The van der Waals surface area contributed by atoms with E-state index < -0.39 is 0 Å². The molecule has 0 saturated carbocycles. The van der Waals surface area contributed by atoms with Gasteiger partial charge < -0.3 is 4.57 Å². The number of carbonyl (C=O) groups excluding carboxylic acids is 1. The monoisotopic (exact) mass is 250 g/mol. The van der Waals surface area contributed by atoms with Crippen LogP contribution in [0.15, 0.2) is 42.5 Å². The summed E-state index contributed by atoms with van der Waals surface area (Å²) in [5.74, 6) is 0.915. The summed E-state index contributed by atoms with van der Waals surface area (Å²) in [6, 6.07) is 13.8. The summed E-state index contributed by atoms with van der Waals surface area (Å²) in [7, 11) is 1.97. The molecule has 0 fully saturated rings. The Morgan fingerprint density at radius 2 is 1.84 bits per heavy atom. The minimum absolute atomic E-state index is 0.672. The molecule has 0 amide bonds. The molecule has 19 heavy (non-hydrogen) atoms. The highest BCUT2D eigenvalue weighted by molar-refractivity contribution is 5.87. The van der Waals surface area contributed by atoms with Gasteiger partial charge in [0.2, 0.25) is 0 Å². The summed E-state index contributed by atoms with van der Waals surface area (Å²) < 4.78 is 2.02. The van der Waals surface area contributed by atoms with Crippen molar-refractivity contribution in [3.63, 3.8) is 0 Å². The van der Waals surface area contributed by atoms with Gasteiger partial charge in [-0.05, 0) is 25.1 Å². The van der Waals surface area contributed by atoms with Crippen LogP contribution < -0.4 is 0 Å². The van der Waals surface area contributed by atoms with Crippen molar-refractivity contribution < 1.29 is 4.79 Å². The number of aromatic nitrogens is 2. The second-order valence-electron chi connectivity index (χ2n) is 4.73. The van der Waals surface area contributed by atoms with Gasteiger partial charge in [0.15, 0.2) is 0 Å². The number of hydrogen-bond acceptors (Lipinski definition) is 2. The maximum Gasteiger partial charge on any atom is 0.150 e. The molecule has 3 aromatic rings. The number of aryl methyl sites for hydroxylation is 2. The molecule has 0 atom stereocenters. The van der Waals surface area contributed by atoms with E-state index in [0.29, 0.717) is 5.56 Å². The second-order valence-corrected chi connectivity index (χ2v) is 4.73. The maximum absolute atomic E-state index is 10.8. The molecule has 0 bridgehead atoms. The van der Waals surface area contributed by atoms with Gasteiger partial charge in [-0.1, -0.05) is 29.8 Å². The number of hydrogen-bond donors (Lipinski definition) is 0. The van der Waals surface area contributed by atoms with Crippen LogP contribution in [0.2, 0.25) is 0 Å². The van der Waals surface area contributed by atoms with Crippen molar-refractivity contribution in [2.75, 3.05) is 0 Å². The van der Waals surface area contributed by atoms with E-state index in [1.54, 1.807) is 6.07 Å². The fourth-order valence-corrected chi connectivity index (χ4v) is 2.24. The Bertz CT molecular complexity index is 754. The molecule has 0 aliphatic rings. The summed E-state index contributed by atoms with van der Waals surface area (Å²) in [6.45, 7) is 2.06. The number of aldehydes is 1. The molecule has 2 aromatic carbocycles. The van der Waals surface area contributed by atoms with Crippen LogP contribution >= 0.6 is 0 Å². The quantitative estimate of drug-likeness (QED) is 0.654. The maximum atomic E-state index is 10.8. The van der Waals surface area contributed by atoms with E-state index in [9.17, 15) is 4.79 Å². The van der Waals surface area contributed by atoms with Crippen LogP contribution in [0.1, 0.15) is 15.9 Å². The van der Waals surface area contributed by atoms with E-state index in [1.165, 1.54) is 5.56 Å². The highest BCUT2D eigenvalue weighted by atomic mass is 16.1. The highest BCUT2D eigenvalue weighted by Gasteiger charge is 2.09. The predicted molar refractivity (Wildman–Crippen MR) is 76.3 cm³/mol. The van der Waals surface area contributed by atoms with Gasteiger partial charge in [0, 0.05) is 18.2 Å². The summed E-state index contributed by atoms with van der Waals surface area (Å²) in [6.07, 6.45) is 0.859. The van der Waals surface area contributed by atoms with Crippen LogP contribution in [-0.4, -0.2) is 15.8 Å². The topological polar surface area (TPSA) is 34.9 Å². The first-order valence-corrected chi connectivity index (χ1v) is 6.18. The lowest BCUT2D eigenvalue weighted by Crippen LogP contribution is -1.92. The third kappa shape index (κ3) is 1.93. The molecule has 3 rings (SSSR count). The van der Waals surface area contributed by atoms with Crippen LogP contribution in [0.25, 0.3) is 22.4 Å². The molecule has 94 valence electrons. The largest absolute Gasteiger partial charge is 0.327 e. The molecule has 0 radical (unpaired) electrons. The molecule has 0 aliphatic heterocycles. The van der Waals surface area contributed by atoms with Gasteiger partial charge in [-0.2, -0.15) is 0 Å². The van der Waals surface area contributed by atoms with Crippen molar-refractivity contribution in [3.05, 3.63) is 53.6 Å². The minimum atomic E-state index is 0.672. The number of fused-ring (bicyclic) bond motifs is 1. The first kappa shape index (κ1) is 11.7. The fraction of sp³-hybridized carbons (Fsp3) is 0.125. The Labute approximate surface area is 111 Å². The first-order chi connectivity index (χ1) is 9.19. The van der Waals surface area contributed by atoms with Crippen LogP contribution in [-0.2, 0) is 7.05 Å². The number of nitrogens with zero attached hydrogens (tertiary/aromatic N) is 2. The van der Waals surface area contributed by atoms with Crippen molar-refractivity contribution in [1.82, 2.24) is 9.55 Å². The van der Waals surface area contributed by atoms with Crippen molar-refractivity contribution in [2.45, 2.75) is 6.92 Å². The molecular formula is C16H14N2O. The Morgan fingerprint density at radius 1 is 1.11 bits per heavy atom. The fourth-order valence-electron chi connectivity index (χ4n) is 2.24. The standard InChI is InChI=1S/C16H14N2O/c1-11-3-6-13(7-4-11)16-17-14-8-5-12(10-19)9-15(14)18(16)2/h3-10H,1-2H3. The smallest absolute Gasteiger partial charge is 0.150 e. The highest BCUT2D eigenvalue weighted by Crippen LogP contribution is 2.24. The minimum Gasteiger partial charge on any atom is -0.327 e. The number of imidazole rings is 1. The van der Waals surface area contributed by atoms with Crippen molar-refractivity contribution in [2.24, 2.45) is 7.05 Å². The zero-order valence-electron chi connectivity index (χ0n) is 10.9. The van der Waals surface area contributed by atoms with E-state index in [0.717, 1.165) is 28.7 Å². The van der Waals surface area contributed by atoms with E-state index in [-0.39, 0.29) is 0 Å². The summed E-state index contributed by atoms with van der Waals surface area (Å²) >= 11 is 0. The molecule has 3 heteroatoms. The number of benzene rings is 2. The van der Waals surface area contributed by atoms with Gasteiger partial charge in [-0.3, -0.25) is 4.79 Å². The normalized spacial score (nSPS) is 10.8. The van der Waals surface area contributed by atoms with Gasteiger partial charge >= 0.3 is 0 Å². The number of rotatable bonds is 2. The molecule has 1 aromatic heterocycles. The molecule has 0 saturated heterocycles. The van der Waals surface area contributed by atoms with Crippen molar-refractivity contribution in [1.29, 1.82) is 0 Å². The van der Waals surface area contributed by atoms with E-state index >= 15 is 0 Å². The van der Waals surface area contributed by atoms with E-state index in [4.69, 9.17) is 0 Å². The Hall–Kier alpha value is -2.42. The van der Waals surface area contributed by atoms with Crippen molar-refractivity contribution >= 4 is 17.3 Å². The molecule has 1 heterocycles. The molecule has 0 unspecified atom stereocenters. The molecule has 0 N–H and O–H groups in total. The van der Waals surface area contributed by atoms with Crippen LogP contribution in [0.3, 0.4) is 0 Å².